The van der Waals surface area contributed by atoms with E-state index in [1.54, 1.807) is 18.3 Å². The van der Waals surface area contributed by atoms with Crippen LogP contribution in [0.2, 0.25) is 0 Å². The first-order valence-corrected chi connectivity index (χ1v) is 5.62. The van der Waals surface area contributed by atoms with Crippen LogP contribution in [0.3, 0.4) is 0 Å². The first kappa shape index (κ1) is 10.4. The maximum atomic E-state index is 11.7. The molecule has 0 aromatic carbocycles. The Labute approximate surface area is 96.7 Å². The number of pyridine rings is 1. The van der Waals surface area contributed by atoms with Crippen molar-refractivity contribution in [1.29, 1.82) is 0 Å². The van der Waals surface area contributed by atoms with Gasteiger partial charge in [0.05, 0.1) is 5.56 Å². The molecule has 0 saturated carbocycles. The number of halogens is 1. The fourth-order valence-electron chi connectivity index (χ4n) is 1.51. The molecule has 1 aliphatic carbocycles. The van der Waals surface area contributed by atoms with Crippen molar-refractivity contribution in [1.82, 2.24) is 10.3 Å². The van der Waals surface area contributed by atoms with Crippen LogP contribution < -0.4 is 5.32 Å². The van der Waals surface area contributed by atoms with Gasteiger partial charge in [-0.2, -0.15) is 0 Å². The molecule has 1 amide bonds. The standard InChI is InChI=1S/C11H11BrN2O/c12-10-6-5-8(7-13-10)11(15)14-9-3-1-2-4-9/h1-2,5-7,9H,3-4H2,(H,14,15). The Morgan fingerprint density at radius 1 is 1.40 bits per heavy atom. The van der Waals surface area contributed by atoms with Gasteiger partial charge in [0.1, 0.15) is 4.60 Å². The molecule has 1 aromatic rings. The molecule has 0 bridgehead atoms. The van der Waals surface area contributed by atoms with E-state index in [1.807, 2.05) is 0 Å². The normalized spacial score (nSPS) is 15.5. The predicted molar refractivity (Wildman–Crippen MR) is 61.6 cm³/mol. The third kappa shape index (κ3) is 2.65. The number of carbonyl (C=O) groups is 1. The van der Waals surface area contributed by atoms with Gasteiger partial charge in [-0.25, -0.2) is 4.98 Å². The number of nitrogens with zero attached hydrogens (tertiary/aromatic N) is 1. The number of hydrogen-bond donors (Lipinski definition) is 1. The van der Waals surface area contributed by atoms with Crippen molar-refractivity contribution in [2.75, 3.05) is 0 Å². The number of aromatic nitrogens is 1. The van der Waals surface area contributed by atoms with Crippen molar-refractivity contribution in [3.8, 4) is 0 Å². The quantitative estimate of drug-likeness (QED) is 0.659. The topological polar surface area (TPSA) is 42.0 Å². The minimum absolute atomic E-state index is 0.0521. The van der Waals surface area contributed by atoms with E-state index >= 15 is 0 Å². The van der Waals surface area contributed by atoms with Crippen LogP contribution in [-0.2, 0) is 0 Å². The van der Waals surface area contributed by atoms with E-state index in [-0.39, 0.29) is 11.9 Å². The smallest absolute Gasteiger partial charge is 0.253 e. The Hall–Kier alpha value is -1.16. The largest absolute Gasteiger partial charge is 0.349 e. The van der Waals surface area contributed by atoms with Crippen LogP contribution in [0.15, 0.2) is 35.1 Å². The van der Waals surface area contributed by atoms with Crippen molar-refractivity contribution >= 4 is 21.8 Å². The number of amides is 1. The Kier molecular flexibility index (Phi) is 3.16. The summed E-state index contributed by atoms with van der Waals surface area (Å²) in [7, 11) is 0. The van der Waals surface area contributed by atoms with E-state index in [0.29, 0.717) is 5.56 Å². The molecule has 0 unspecified atom stereocenters. The zero-order chi connectivity index (χ0) is 10.7. The summed E-state index contributed by atoms with van der Waals surface area (Å²) in [5, 5.41) is 2.96. The number of carbonyl (C=O) groups excluding carboxylic acids is 1. The van der Waals surface area contributed by atoms with Gasteiger partial charge in [0.15, 0.2) is 0 Å². The minimum Gasteiger partial charge on any atom is -0.349 e. The maximum Gasteiger partial charge on any atom is 0.253 e. The van der Waals surface area contributed by atoms with E-state index in [1.165, 1.54) is 0 Å². The van der Waals surface area contributed by atoms with E-state index in [2.05, 4.69) is 38.4 Å². The van der Waals surface area contributed by atoms with Crippen LogP contribution in [0.4, 0.5) is 0 Å². The first-order chi connectivity index (χ1) is 7.25. The molecule has 0 saturated heterocycles. The second-order valence-electron chi connectivity index (χ2n) is 3.48. The molecule has 1 aliphatic rings. The highest BCUT2D eigenvalue weighted by atomic mass is 79.9. The average Bonchev–Trinajstić information content (AvgIpc) is 2.71. The van der Waals surface area contributed by atoms with E-state index in [0.717, 1.165) is 17.4 Å². The summed E-state index contributed by atoms with van der Waals surface area (Å²) in [6.07, 6.45) is 7.60. The minimum atomic E-state index is -0.0521. The van der Waals surface area contributed by atoms with Crippen LogP contribution in [0.1, 0.15) is 23.2 Å². The van der Waals surface area contributed by atoms with E-state index in [9.17, 15) is 4.79 Å². The van der Waals surface area contributed by atoms with Crippen molar-refractivity contribution in [3.05, 3.63) is 40.6 Å². The molecule has 0 aliphatic heterocycles. The Bertz CT molecular complexity index is 378. The molecule has 4 heteroatoms. The first-order valence-electron chi connectivity index (χ1n) is 4.83. The average molecular weight is 267 g/mol. The molecular formula is C11H11BrN2O. The molecule has 78 valence electrons. The molecule has 3 nitrogen and oxygen atoms in total. The summed E-state index contributed by atoms with van der Waals surface area (Å²) in [6.45, 7) is 0. The van der Waals surface area contributed by atoms with Crippen LogP contribution in [0.5, 0.6) is 0 Å². The fourth-order valence-corrected chi connectivity index (χ4v) is 1.75. The maximum absolute atomic E-state index is 11.7. The molecule has 2 rings (SSSR count). The van der Waals surface area contributed by atoms with Crippen LogP contribution in [-0.4, -0.2) is 16.9 Å². The molecule has 0 radical (unpaired) electrons. The van der Waals surface area contributed by atoms with Crippen molar-refractivity contribution < 1.29 is 4.79 Å². The summed E-state index contributed by atoms with van der Waals surface area (Å²) < 4.78 is 0.738. The Morgan fingerprint density at radius 2 is 2.13 bits per heavy atom. The lowest BCUT2D eigenvalue weighted by Crippen LogP contribution is -2.32. The van der Waals surface area contributed by atoms with Gasteiger partial charge in [0, 0.05) is 12.2 Å². The lowest BCUT2D eigenvalue weighted by Gasteiger charge is -2.11. The van der Waals surface area contributed by atoms with Gasteiger partial charge in [0.25, 0.3) is 5.91 Å². The van der Waals surface area contributed by atoms with Gasteiger partial charge in [-0.15, -0.1) is 0 Å². The van der Waals surface area contributed by atoms with E-state index < -0.39 is 0 Å². The van der Waals surface area contributed by atoms with Gasteiger partial charge in [-0.3, -0.25) is 4.79 Å². The van der Waals surface area contributed by atoms with Crippen molar-refractivity contribution in [2.24, 2.45) is 0 Å². The summed E-state index contributed by atoms with van der Waals surface area (Å²) >= 11 is 3.23. The zero-order valence-corrected chi connectivity index (χ0v) is 9.70. The highest BCUT2D eigenvalue weighted by molar-refractivity contribution is 9.10. The highest BCUT2D eigenvalue weighted by Gasteiger charge is 2.14. The van der Waals surface area contributed by atoms with Crippen LogP contribution in [0.25, 0.3) is 0 Å². The Balaban J connectivity index is 1.98. The molecule has 0 spiro atoms. The summed E-state index contributed by atoms with van der Waals surface area (Å²) in [6, 6.07) is 3.78. The predicted octanol–water partition coefficient (Wildman–Crippen LogP) is 2.29. The zero-order valence-electron chi connectivity index (χ0n) is 8.11. The molecule has 0 atom stereocenters. The van der Waals surface area contributed by atoms with Gasteiger partial charge < -0.3 is 5.32 Å². The third-order valence-electron chi connectivity index (χ3n) is 2.33. The second-order valence-corrected chi connectivity index (χ2v) is 4.30. The van der Waals surface area contributed by atoms with Gasteiger partial charge in [0.2, 0.25) is 0 Å². The molecular weight excluding hydrogens is 256 g/mol. The fraction of sp³-hybridized carbons (Fsp3) is 0.273. The summed E-state index contributed by atoms with van der Waals surface area (Å²) in [4.78, 5) is 15.7. The molecule has 0 fully saturated rings. The Morgan fingerprint density at radius 3 is 2.73 bits per heavy atom. The summed E-state index contributed by atoms with van der Waals surface area (Å²) in [5.74, 6) is -0.0521. The van der Waals surface area contributed by atoms with Crippen molar-refractivity contribution in [3.63, 3.8) is 0 Å². The molecule has 1 heterocycles. The number of hydrogen-bond acceptors (Lipinski definition) is 2. The second kappa shape index (κ2) is 4.57. The van der Waals surface area contributed by atoms with Crippen LogP contribution in [0, 0.1) is 0 Å². The monoisotopic (exact) mass is 266 g/mol. The van der Waals surface area contributed by atoms with Gasteiger partial charge in [-0.05, 0) is 40.9 Å². The lowest BCUT2D eigenvalue weighted by molar-refractivity contribution is 0.0938. The van der Waals surface area contributed by atoms with Crippen molar-refractivity contribution in [2.45, 2.75) is 18.9 Å². The molecule has 1 aromatic heterocycles. The van der Waals surface area contributed by atoms with Crippen LogP contribution >= 0.6 is 15.9 Å². The summed E-state index contributed by atoms with van der Waals surface area (Å²) in [5.41, 5.74) is 0.602. The highest BCUT2D eigenvalue weighted by Crippen LogP contribution is 2.11. The van der Waals surface area contributed by atoms with Gasteiger partial charge >= 0.3 is 0 Å². The lowest BCUT2D eigenvalue weighted by atomic mass is 10.2. The van der Waals surface area contributed by atoms with E-state index in [4.69, 9.17) is 0 Å². The number of rotatable bonds is 2. The SMILES string of the molecule is O=C(NC1CC=CC1)c1ccc(Br)nc1. The third-order valence-corrected chi connectivity index (χ3v) is 2.80. The number of nitrogens with one attached hydrogen (secondary N) is 1. The van der Waals surface area contributed by atoms with Gasteiger partial charge in [-0.1, -0.05) is 12.2 Å². The molecule has 15 heavy (non-hydrogen) atoms. The molecule has 1 N–H and O–H groups in total.